The molecule has 2 N–H and O–H groups in total. The molecule has 20 heavy (non-hydrogen) atoms. The quantitative estimate of drug-likeness (QED) is 0.828. The van der Waals surface area contributed by atoms with Crippen molar-refractivity contribution in [1.82, 2.24) is 5.32 Å². The average molecular weight is 311 g/mol. The topological polar surface area (TPSA) is 41.1 Å². The molecule has 0 aromatic heterocycles. The highest BCUT2D eigenvalue weighted by Gasteiger charge is 2.18. The lowest BCUT2D eigenvalue weighted by Gasteiger charge is -2.13. The summed E-state index contributed by atoms with van der Waals surface area (Å²) in [5.74, 6) is 0.514. The Labute approximate surface area is 130 Å². The van der Waals surface area contributed by atoms with Gasteiger partial charge in [0.2, 0.25) is 5.91 Å². The summed E-state index contributed by atoms with van der Waals surface area (Å²) in [5, 5.41) is 6.77. The van der Waals surface area contributed by atoms with Crippen molar-refractivity contribution in [2.45, 2.75) is 39.0 Å². The third-order valence-corrected chi connectivity index (χ3v) is 4.33. The fourth-order valence-corrected chi connectivity index (χ4v) is 2.95. The van der Waals surface area contributed by atoms with Crippen LogP contribution >= 0.6 is 23.8 Å². The highest BCUT2D eigenvalue weighted by Crippen LogP contribution is 2.27. The molecule has 5 heteroatoms. The predicted molar refractivity (Wildman–Crippen MR) is 87.1 cm³/mol. The number of rotatable bonds is 3. The van der Waals surface area contributed by atoms with Crippen molar-refractivity contribution in [1.29, 1.82) is 0 Å². The lowest BCUT2D eigenvalue weighted by molar-refractivity contribution is -0.120. The number of hydrogen-bond acceptors (Lipinski definition) is 2. The maximum atomic E-state index is 11.9. The molecule has 2 rings (SSSR count). The van der Waals surface area contributed by atoms with Gasteiger partial charge in [0, 0.05) is 17.1 Å². The van der Waals surface area contributed by atoms with Crippen molar-refractivity contribution in [2.75, 3.05) is 5.32 Å². The van der Waals surface area contributed by atoms with Gasteiger partial charge in [0.15, 0.2) is 5.11 Å². The summed E-state index contributed by atoms with van der Waals surface area (Å²) in [7, 11) is 0. The Hall–Kier alpha value is -1.13. The molecule has 0 spiro atoms. The maximum Gasteiger partial charge on any atom is 0.226 e. The van der Waals surface area contributed by atoms with Gasteiger partial charge in [-0.3, -0.25) is 4.79 Å². The average Bonchev–Trinajstić information content (AvgIpc) is 2.87. The predicted octanol–water partition coefficient (Wildman–Crippen LogP) is 4.04. The molecule has 1 saturated carbocycles. The monoisotopic (exact) mass is 310 g/mol. The first kappa shape index (κ1) is 15.3. The molecule has 0 heterocycles. The minimum atomic E-state index is -0.00548. The number of anilines is 1. The number of carbonyl (C=O) groups is 1. The normalized spacial score (nSPS) is 15.1. The molecule has 1 fully saturated rings. The van der Waals surface area contributed by atoms with Crippen LogP contribution in [0, 0.1) is 12.8 Å². The highest BCUT2D eigenvalue weighted by molar-refractivity contribution is 7.80. The summed E-state index contributed by atoms with van der Waals surface area (Å²) >= 11 is 11.2. The van der Waals surface area contributed by atoms with Crippen molar-refractivity contribution in [3.05, 3.63) is 28.8 Å². The fourth-order valence-electron chi connectivity index (χ4n) is 2.55. The lowest BCUT2D eigenvalue weighted by Crippen LogP contribution is -2.35. The Morgan fingerprint density at radius 3 is 2.80 bits per heavy atom. The van der Waals surface area contributed by atoms with E-state index in [1.807, 2.05) is 25.1 Å². The molecule has 1 aliphatic carbocycles. The molecule has 1 aromatic rings. The number of thiocarbonyl (C=S) groups is 1. The van der Waals surface area contributed by atoms with Crippen molar-refractivity contribution in [2.24, 2.45) is 5.92 Å². The number of amides is 1. The second-order valence-corrected chi connectivity index (χ2v) is 6.08. The van der Waals surface area contributed by atoms with Crippen molar-refractivity contribution in [3.8, 4) is 0 Å². The van der Waals surface area contributed by atoms with Gasteiger partial charge in [-0.1, -0.05) is 30.5 Å². The van der Waals surface area contributed by atoms with E-state index >= 15 is 0 Å². The Kier molecular flexibility index (Phi) is 5.38. The van der Waals surface area contributed by atoms with Gasteiger partial charge < -0.3 is 10.6 Å². The standard InChI is InChI=1S/C15H19ClN2OS/c1-10-12(16)7-4-8-13(10)17-15(20)18-14(19)9-11-5-2-3-6-11/h4,7-8,11H,2-3,5-6,9H2,1H3,(H2,17,18,19,20). The van der Waals surface area contributed by atoms with Crippen LogP contribution in [0.2, 0.25) is 5.02 Å². The summed E-state index contributed by atoms with van der Waals surface area (Å²) in [6.45, 7) is 1.91. The number of halogens is 1. The Morgan fingerprint density at radius 1 is 1.40 bits per heavy atom. The molecule has 1 aromatic carbocycles. The first-order chi connectivity index (χ1) is 9.56. The van der Waals surface area contributed by atoms with E-state index in [2.05, 4.69) is 10.6 Å². The van der Waals surface area contributed by atoms with Gasteiger partial charge in [0.05, 0.1) is 0 Å². The lowest BCUT2D eigenvalue weighted by atomic mass is 10.0. The minimum absolute atomic E-state index is 0.00548. The van der Waals surface area contributed by atoms with Gasteiger partial charge in [-0.05, 0) is 55.6 Å². The van der Waals surface area contributed by atoms with Crippen LogP contribution in [0.4, 0.5) is 5.69 Å². The van der Waals surface area contributed by atoms with E-state index < -0.39 is 0 Å². The van der Waals surface area contributed by atoms with Crippen LogP contribution in [-0.4, -0.2) is 11.0 Å². The fraction of sp³-hybridized carbons (Fsp3) is 0.467. The van der Waals surface area contributed by atoms with Crippen molar-refractivity contribution in [3.63, 3.8) is 0 Å². The zero-order valence-corrected chi connectivity index (χ0v) is 13.1. The van der Waals surface area contributed by atoms with E-state index in [4.69, 9.17) is 23.8 Å². The zero-order chi connectivity index (χ0) is 14.5. The molecule has 0 saturated heterocycles. The molecule has 0 radical (unpaired) electrons. The minimum Gasteiger partial charge on any atom is -0.332 e. The molecule has 0 atom stereocenters. The SMILES string of the molecule is Cc1c(Cl)cccc1NC(=S)NC(=O)CC1CCCC1. The molecule has 0 bridgehead atoms. The summed E-state index contributed by atoms with van der Waals surface area (Å²) in [5.41, 5.74) is 1.74. The molecule has 3 nitrogen and oxygen atoms in total. The summed E-state index contributed by atoms with van der Waals surface area (Å²) in [6, 6.07) is 5.56. The van der Waals surface area contributed by atoms with Crippen molar-refractivity contribution < 1.29 is 4.79 Å². The van der Waals surface area contributed by atoms with Gasteiger partial charge in [-0.15, -0.1) is 0 Å². The first-order valence-corrected chi connectivity index (χ1v) is 7.71. The Bertz CT molecular complexity index is 513. The summed E-state index contributed by atoms with van der Waals surface area (Å²) in [6.07, 6.45) is 5.35. The molecule has 1 amide bonds. The molecule has 0 aliphatic heterocycles. The van der Waals surface area contributed by atoms with E-state index in [0.717, 1.165) is 24.1 Å². The Balaban J connectivity index is 1.85. The van der Waals surface area contributed by atoms with E-state index in [0.29, 0.717) is 22.5 Å². The Morgan fingerprint density at radius 2 is 2.10 bits per heavy atom. The number of hydrogen-bond donors (Lipinski definition) is 2. The second kappa shape index (κ2) is 7.04. The third-order valence-electron chi connectivity index (χ3n) is 3.72. The van der Waals surface area contributed by atoms with Crippen LogP contribution in [0.3, 0.4) is 0 Å². The van der Waals surface area contributed by atoms with Gasteiger partial charge in [-0.25, -0.2) is 0 Å². The van der Waals surface area contributed by atoms with Crippen LogP contribution in [0.25, 0.3) is 0 Å². The smallest absolute Gasteiger partial charge is 0.226 e. The summed E-state index contributed by atoms with van der Waals surface area (Å²) in [4.78, 5) is 11.9. The van der Waals surface area contributed by atoms with E-state index in [-0.39, 0.29) is 5.91 Å². The molecular formula is C15H19ClN2OS. The van der Waals surface area contributed by atoms with E-state index in [1.165, 1.54) is 12.8 Å². The van der Waals surface area contributed by atoms with Crippen molar-refractivity contribution >= 4 is 40.5 Å². The van der Waals surface area contributed by atoms with Crippen LogP contribution in [0.5, 0.6) is 0 Å². The summed E-state index contributed by atoms with van der Waals surface area (Å²) < 4.78 is 0. The largest absolute Gasteiger partial charge is 0.332 e. The number of benzene rings is 1. The number of carbonyl (C=O) groups excluding carboxylic acids is 1. The zero-order valence-electron chi connectivity index (χ0n) is 11.5. The van der Waals surface area contributed by atoms with Crippen LogP contribution in [-0.2, 0) is 4.79 Å². The molecule has 0 unspecified atom stereocenters. The van der Waals surface area contributed by atoms with Crippen LogP contribution in [0.15, 0.2) is 18.2 Å². The second-order valence-electron chi connectivity index (χ2n) is 5.27. The van der Waals surface area contributed by atoms with Gasteiger partial charge in [-0.2, -0.15) is 0 Å². The first-order valence-electron chi connectivity index (χ1n) is 6.92. The van der Waals surface area contributed by atoms with Gasteiger partial charge in [0.1, 0.15) is 0 Å². The highest BCUT2D eigenvalue weighted by atomic mass is 35.5. The van der Waals surface area contributed by atoms with Crippen LogP contribution in [0.1, 0.15) is 37.7 Å². The third kappa shape index (κ3) is 4.18. The van der Waals surface area contributed by atoms with Crippen LogP contribution < -0.4 is 10.6 Å². The number of nitrogens with one attached hydrogen (secondary N) is 2. The molecule has 1 aliphatic rings. The van der Waals surface area contributed by atoms with E-state index in [9.17, 15) is 4.79 Å². The van der Waals surface area contributed by atoms with E-state index in [1.54, 1.807) is 0 Å². The molecular weight excluding hydrogens is 292 g/mol. The molecule has 108 valence electrons. The maximum absolute atomic E-state index is 11.9. The van der Waals surface area contributed by atoms with Gasteiger partial charge >= 0.3 is 0 Å². The van der Waals surface area contributed by atoms with Gasteiger partial charge in [0.25, 0.3) is 0 Å².